The van der Waals surface area contributed by atoms with Crippen molar-refractivity contribution < 1.29 is 13.9 Å². The molecule has 0 saturated heterocycles. The highest BCUT2D eigenvalue weighted by molar-refractivity contribution is 5.40. The molecule has 21 heavy (non-hydrogen) atoms. The molecule has 0 aliphatic heterocycles. The van der Waals surface area contributed by atoms with Gasteiger partial charge in [0.2, 0.25) is 0 Å². The van der Waals surface area contributed by atoms with Crippen LogP contribution in [0.1, 0.15) is 25.5 Å². The summed E-state index contributed by atoms with van der Waals surface area (Å²) in [5.41, 5.74) is 6.85. The van der Waals surface area contributed by atoms with Crippen molar-refractivity contribution in [3.8, 4) is 11.5 Å². The van der Waals surface area contributed by atoms with E-state index in [1.54, 1.807) is 12.1 Å². The van der Waals surface area contributed by atoms with Crippen LogP contribution in [0.25, 0.3) is 0 Å². The second-order valence-corrected chi connectivity index (χ2v) is 4.83. The average Bonchev–Trinajstić information content (AvgIpc) is 2.47. The number of hydrogen-bond acceptors (Lipinski definition) is 3. The standard InChI is InChI=1S/C17H20FNO2/c1-3-20-15-6-4-5-7-16(15)21-17(12(2)19)13-8-10-14(18)11-9-13/h4-12,17H,3,19H2,1-2H3. The Hall–Kier alpha value is -2.07. The first-order chi connectivity index (χ1) is 10.1. The van der Waals surface area contributed by atoms with Gasteiger partial charge in [0.15, 0.2) is 11.5 Å². The minimum Gasteiger partial charge on any atom is -0.490 e. The van der Waals surface area contributed by atoms with Crippen molar-refractivity contribution in [2.75, 3.05) is 6.61 Å². The zero-order valence-corrected chi connectivity index (χ0v) is 12.3. The Bertz CT molecular complexity index is 569. The van der Waals surface area contributed by atoms with E-state index < -0.39 is 0 Å². The normalized spacial score (nSPS) is 13.5. The van der Waals surface area contributed by atoms with Crippen LogP contribution in [0.2, 0.25) is 0 Å². The highest BCUT2D eigenvalue weighted by atomic mass is 19.1. The van der Waals surface area contributed by atoms with Crippen molar-refractivity contribution in [2.45, 2.75) is 26.0 Å². The maximum atomic E-state index is 13.1. The molecule has 0 amide bonds. The maximum absolute atomic E-state index is 13.1. The summed E-state index contributed by atoms with van der Waals surface area (Å²) in [5, 5.41) is 0. The molecule has 0 bridgehead atoms. The molecule has 2 rings (SSSR count). The minimum absolute atomic E-state index is 0.245. The predicted octanol–water partition coefficient (Wildman–Crippen LogP) is 3.69. The van der Waals surface area contributed by atoms with E-state index in [1.165, 1.54) is 12.1 Å². The molecule has 0 radical (unpaired) electrons. The van der Waals surface area contributed by atoms with Gasteiger partial charge in [0.05, 0.1) is 6.61 Å². The van der Waals surface area contributed by atoms with Gasteiger partial charge in [-0.25, -0.2) is 4.39 Å². The van der Waals surface area contributed by atoms with Gasteiger partial charge in [0.1, 0.15) is 11.9 Å². The van der Waals surface area contributed by atoms with E-state index in [2.05, 4.69) is 0 Å². The molecule has 0 aliphatic carbocycles. The van der Waals surface area contributed by atoms with Crippen LogP contribution < -0.4 is 15.2 Å². The van der Waals surface area contributed by atoms with Crippen LogP contribution in [0.5, 0.6) is 11.5 Å². The largest absolute Gasteiger partial charge is 0.490 e. The van der Waals surface area contributed by atoms with Crippen LogP contribution in [-0.2, 0) is 0 Å². The van der Waals surface area contributed by atoms with E-state index in [4.69, 9.17) is 15.2 Å². The van der Waals surface area contributed by atoms with Gasteiger partial charge in [-0.1, -0.05) is 24.3 Å². The molecule has 0 saturated carbocycles. The number of para-hydroxylation sites is 2. The molecule has 0 heterocycles. The summed E-state index contributed by atoms with van der Waals surface area (Å²) in [6.45, 7) is 4.33. The summed E-state index contributed by atoms with van der Waals surface area (Å²) >= 11 is 0. The Kier molecular flexibility index (Phi) is 5.17. The monoisotopic (exact) mass is 289 g/mol. The number of halogens is 1. The SMILES string of the molecule is CCOc1ccccc1OC(c1ccc(F)cc1)C(C)N. The predicted molar refractivity (Wildman–Crippen MR) is 81.0 cm³/mol. The summed E-state index contributed by atoms with van der Waals surface area (Å²) in [6, 6.07) is 13.4. The summed E-state index contributed by atoms with van der Waals surface area (Å²) < 4.78 is 24.6. The maximum Gasteiger partial charge on any atom is 0.162 e. The van der Waals surface area contributed by atoms with E-state index in [0.717, 1.165) is 5.56 Å². The van der Waals surface area contributed by atoms with Gasteiger partial charge >= 0.3 is 0 Å². The Balaban J connectivity index is 2.26. The minimum atomic E-state index is -0.368. The van der Waals surface area contributed by atoms with E-state index in [1.807, 2.05) is 38.1 Å². The molecule has 3 nitrogen and oxygen atoms in total. The molecule has 0 aliphatic rings. The molecule has 2 atom stereocenters. The van der Waals surface area contributed by atoms with Gasteiger partial charge in [-0.05, 0) is 43.7 Å². The molecule has 2 N–H and O–H groups in total. The van der Waals surface area contributed by atoms with E-state index in [0.29, 0.717) is 18.1 Å². The van der Waals surface area contributed by atoms with Gasteiger partial charge in [-0.2, -0.15) is 0 Å². The van der Waals surface area contributed by atoms with Crippen LogP contribution in [0.3, 0.4) is 0 Å². The van der Waals surface area contributed by atoms with Crippen LogP contribution >= 0.6 is 0 Å². The lowest BCUT2D eigenvalue weighted by molar-refractivity contribution is 0.170. The number of rotatable bonds is 6. The molecule has 112 valence electrons. The molecule has 0 fully saturated rings. The number of benzene rings is 2. The number of hydrogen-bond donors (Lipinski definition) is 1. The Labute approximate surface area is 124 Å². The highest BCUT2D eigenvalue weighted by Crippen LogP contribution is 2.32. The summed E-state index contributed by atoms with van der Waals surface area (Å²) in [7, 11) is 0. The Morgan fingerprint density at radius 3 is 2.24 bits per heavy atom. The van der Waals surface area contributed by atoms with Crippen molar-refractivity contribution in [2.24, 2.45) is 5.73 Å². The van der Waals surface area contributed by atoms with Gasteiger partial charge < -0.3 is 15.2 Å². The number of ether oxygens (including phenoxy) is 2. The third-order valence-corrected chi connectivity index (χ3v) is 3.08. The van der Waals surface area contributed by atoms with Crippen LogP contribution in [-0.4, -0.2) is 12.6 Å². The molecule has 2 unspecified atom stereocenters. The Morgan fingerprint density at radius 1 is 1.05 bits per heavy atom. The van der Waals surface area contributed by atoms with E-state index >= 15 is 0 Å². The average molecular weight is 289 g/mol. The van der Waals surface area contributed by atoms with Gasteiger partial charge in [0, 0.05) is 6.04 Å². The third kappa shape index (κ3) is 3.95. The lowest BCUT2D eigenvalue weighted by Crippen LogP contribution is -2.29. The van der Waals surface area contributed by atoms with Crippen molar-refractivity contribution in [3.05, 3.63) is 59.9 Å². The van der Waals surface area contributed by atoms with Crippen molar-refractivity contribution in [1.82, 2.24) is 0 Å². The summed E-state index contributed by atoms with van der Waals surface area (Å²) in [5.74, 6) is 1.02. The molecule has 0 spiro atoms. The van der Waals surface area contributed by atoms with Crippen LogP contribution in [0.15, 0.2) is 48.5 Å². The van der Waals surface area contributed by atoms with Gasteiger partial charge in [0.25, 0.3) is 0 Å². The van der Waals surface area contributed by atoms with Crippen molar-refractivity contribution in [3.63, 3.8) is 0 Å². The molecular formula is C17H20FNO2. The second kappa shape index (κ2) is 7.09. The van der Waals surface area contributed by atoms with E-state index in [-0.39, 0.29) is 18.0 Å². The highest BCUT2D eigenvalue weighted by Gasteiger charge is 2.20. The van der Waals surface area contributed by atoms with Crippen LogP contribution in [0.4, 0.5) is 4.39 Å². The fraction of sp³-hybridized carbons (Fsp3) is 0.294. The summed E-state index contributed by atoms with van der Waals surface area (Å²) in [4.78, 5) is 0. The fourth-order valence-corrected chi connectivity index (χ4v) is 2.09. The van der Waals surface area contributed by atoms with Crippen molar-refractivity contribution in [1.29, 1.82) is 0 Å². The zero-order chi connectivity index (χ0) is 15.2. The second-order valence-electron chi connectivity index (χ2n) is 4.83. The quantitative estimate of drug-likeness (QED) is 0.882. The molecule has 0 aromatic heterocycles. The van der Waals surface area contributed by atoms with Gasteiger partial charge in [-0.3, -0.25) is 0 Å². The summed E-state index contributed by atoms with van der Waals surface area (Å²) in [6.07, 6.45) is -0.368. The van der Waals surface area contributed by atoms with Crippen molar-refractivity contribution >= 4 is 0 Å². The topological polar surface area (TPSA) is 44.5 Å². The third-order valence-electron chi connectivity index (χ3n) is 3.08. The first kappa shape index (κ1) is 15.3. The Morgan fingerprint density at radius 2 is 1.67 bits per heavy atom. The lowest BCUT2D eigenvalue weighted by atomic mass is 10.0. The van der Waals surface area contributed by atoms with Crippen LogP contribution in [0, 0.1) is 5.82 Å². The molecule has 2 aromatic rings. The lowest BCUT2D eigenvalue weighted by Gasteiger charge is -2.24. The zero-order valence-electron chi connectivity index (χ0n) is 12.3. The smallest absolute Gasteiger partial charge is 0.162 e. The first-order valence-electron chi connectivity index (χ1n) is 7.01. The van der Waals surface area contributed by atoms with Gasteiger partial charge in [-0.15, -0.1) is 0 Å². The molecular weight excluding hydrogens is 269 g/mol. The molecule has 4 heteroatoms. The number of nitrogens with two attached hydrogens (primary N) is 1. The fourth-order valence-electron chi connectivity index (χ4n) is 2.09. The van der Waals surface area contributed by atoms with E-state index in [9.17, 15) is 4.39 Å². The first-order valence-corrected chi connectivity index (χ1v) is 7.01. The molecule has 2 aromatic carbocycles.